The Hall–Kier alpha value is -2.40. The Morgan fingerprint density at radius 3 is 2.80 bits per heavy atom. The Balaban J connectivity index is 1.77. The van der Waals surface area contributed by atoms with Gasteiger partial charge in [-0.1, -0.05) is 12.1 Å². The predicted octanol–water partition coefficient (Wildman–Crippen LogP) is 3.36. The number of hydrogen-bond donors (Lipinski definition) is 1. The summed E-state index contributed by atoms with van der Waals surface area (Å²) in [5.41, 5.74) is 8.51. The molecule has 1 aromatic heterocycles. The van der Waals surface area contributed by atoms with Gasteiger partial charge in [0.15, 0.2) is 0 Å². The average molecular weight is 339 g/mol. The van der Waals surface area contributed by atoms with Gasteiger partial charge in [0.05, 0.1) is 0 Å². The van der Waals surface area contributed by atoms with E-state index < -0.39 is 0 Å². The monoisotopic (exact) mass is 339 g/mol. The summed E-state index contributed by atoms with van der Waals surface area (Å²) in [7, 11) is 1.71. The number of piperidine rings is 1. The zero-order chi connectivity index (χ0) is 17.6. The highest BCUT2D eigenvalue weighted by Gasteiger charge is 2.27. The van der Waals surface area contributed by atoms with E-state index in [4.69, 9.17) is 10.5 Å². The molecule has 25 heavy (non-hydrogen) atoms. The van der Waals surface area contributed by atoms with Crippen LogP contribution in [0.1, 0.15) is 36.0 Å². The summed E-state index contributed by atoms with van der Waals surface area (Å²) in [5, 5.41) is 0. The van der Waals surface area contributed by atoms with Crippen molar-refractivity contribution in [2.45, 2.75) is 31.7 Å². The second kappa shape index (κ2) is 8.12. The van der Waals surface area contributed by atoms with Gasteiger partial charge in [-0.2, -0.15) is 0 Å². The molecule has 0 aliphatic carbocycles. The van der Waals surface area contributed by atoms with Crippen molar-refractivity contribution in [3.8, 4) is 11.1 Å². The molecule has 0 radical (unpaired) electrons. The van der Waals surface area contributed by atoms with Gasteiger partial charge in [0, 0.05) is 43.6 Å². The van der Waals surface area contributed by atoms with Gasteiger partial charge in [-0.3, -0.25) is 4.79 Å². The Labute approximate surface area is 148 Å². The third kappa shape index (κ3) is 3.99. The quantitative estimate of drug-likeness (QED) is 0.907. The van der Waals surface area contributed by atoms with E-state index in [2.05, 4.69) is 4.98 Å². The van der Waals surface area contributed by atoms with Crippen molar-refractivity contribution in [2.24, 2.45) is 0 Å². The summed E-state index contributed by atoms with van der Waals surface area (Å²) in [6.07, 6.45) is 5.87. The first kappa shape index (κ1) is 17.4. The van der Waals surface area contributed by atoms with Gasteiger partial charge in [0.1, 0.15) is 5.82 Å². The maximum atomic E-state index is 12.9. The molecule has 0 spiro atoms. The summed E-state index contributed by atoms with van der Waals surface area (Å²) in [6.45, 7) is 1.51. The number of aromatic nitrogens is 1. The minimum absolute atomic E-state index is 0.103. The number of carbonyl (C=O) groups excluding carboxylic acids is 1. The standard InChI is InChI=1S/C20H25N3O2/c1-25-14-11-17-5-2-3-13-23(17)20(24)16-9-7-15(8-10-16)18-6-4-12-22-19(18)21/h4,6-10,12,17H,2-3,5,11,13-14H2,1H3,(H2,21,22)/t17-/m0/s1. The van der Waals surface area contributed by atoms with E-state index in [9.17, 15) is 4.79 Å². The molecule has 2 aromatic rings. The van der Waals surface area contributed by atoms with Gasteiger partial charge in [-0.15, -0.1) is 0 Å². The molecule has 2 heterocycles. The minimum Gasteiger partial charge on any atom is -0.385 e. The molecule has 5 nitrogen and oxygen atoms in total. The highest BCUT2D eigenvalue weighted by Crippen LogP contribution is 2.26. The first-order valence-electron chi connectivity index (χ1n) is 8.81. The number of anilines is 1. The van der Waals surface area contributed by atoms with Gasteiger partial charge in [-0.05, 0) is 55.5 Å². The SMILES string of the molecule is COCC[C@@H]1CCCCN1C(=O)c1ccc(-c2cccnc2N)cc1. The number of nitrogens with two attached hydrogens (primary N) is 1. The largest absolute Gasteiger partial charge is 0.385 e. The van der Waals surface area contributed by atoms with E-state index in [0.29, 0.717) is 12.4 Å². The maximum Gasteiger partial charge on any atom is 0.254 e. The normalized spacial score (nSPS) is 17.5. The lowest BCUT2D eigenvalue weighted by atomic mass is 9.98. The fraction of sp³-hybridized carbons (Fsp3) is 0.400. The Bertz CT molecular complexity index is 715. The molecule has 132 valence electrons. The Morgan fingerprint density at radius 2 is 2.08 bits per heavy atom. The van der Waals surface area contributed by atoms with Crippen molar-refractivity contribution >= 4 is 11.7 Å². The fourth-order valence-electron chi connectivity index (χ4n) is 3.44. The van der Waals surface area contributed by atoms with Gasteiger partial charge < -0.3 is 15.4 Å². The van der Waals surface area contributed by atoms with Crippen molar-refractivity contribution in [3.63, 3.8) is 0 Å². The van der Waals surface area contributed by atoms with Crippen LogP contribution in [0.25, 0.3) is 11.1 Å². The molecular formula is C20H25N3O2. The van der Waals surface area contributed by atoms with Crippen LogP contribution >= 0.6 is 0 Å². The number of rotatable bonds is 5. The maximum absolute atomic E-state index is 12.9. The van der Waals surface area contributed by atoms with Crippen molar-refractivity contribution in [1.82, 2.24) is 9.88 Å². The summed E-state index contributed by atoms with van der Waals surface area (Å²) >= 11 is 0. The summed E-state index contributed by atoms with van der Waals surface area (Å²) < 4.78 is 5.20. The number of ether oxygens (including phenoxy) is 1. The summed E-state index contributed by atoms with van der Waals surface area (Å²) in [5.74, 6) is 0.601. The number of amides is 1. The van der Waals surface area contributed by atoms with Crippen LogP contribution in [0, 0.1) is 0 Å². The molecule has 1 saturated heterocycles. The molecule has 1 aliphatic heterocycles. The lowest BCUT2D eigenvalue weighted by Crippen LogP contribution is -2.44. The number of nitrogen functional groups attached to an aromatic ring is 1. The van der Waals surface area contributed by atoms with E-state index in [1.165, 1.54) is 6.42 Å². The fourth-order valence-corrected chi connectivity index (χ4v) is 3.44. The molecule has 1 amide bonds. The molecule has 2 N–H and O–H groups in total. The number of nitrogens with zero attached hydrogens (tertiary/aromatic N) is 2. The smallest absolute Gasteiger partial charge is 0.254 e. The minimum atomic E-state index is 0.103. The van der Waals surface area contributed by atoms with Crippen LogP contribution in [-0.2, 0) is 4.74 Å². The van der Waals surface area contributed by atoms with Crippen molar-refractivity contribution < 1.29 is 9.53 Å². The van der Waals surface area contributed by atoms with Crippen LogP contribution in [-0.4, -0.2) is 42.1 Å². The zero-order valence-corrected chi connectivity index (χ0v) is 14.6. The molecule has 0 bridgehead atoms. The molecule has 0 saturated carbocycles. The van der Waals surface area contributed by atoms with Crippen LogP contribution in [0.5, 0.6) is 0 Å². The molecule has 0 unspecified atom stereocenters. The zero-order valence-electron chi connectivity index (χ0n) is 14.6. The van der Waals surface area contributed by atoms with Gasteiger partial charge >= 0.3 is 0 Å². The Kier molecular flexibility index (Phi) is 5.66. The van der Waals surface area contributed by atoms with Crippen LogP contribution in [0.2, 0.25) is 0 Å². The lowest BCUT2D eigenvalue weighted by molar-refractivity contribution is 0.0553. The van der Waals surface area contributed by atoms with E-state index in [-0.39, 0.29) is 11.9 Å². The lowest BCUT2D eigenvalue weighted by Gasteiger charge is -2.36. The molecule has 1 aliphatic rings. The van der Waals surface area contributed by atoms with E-state index in [0.717, 1.165) is 42.5 Å². The van der Waals surface area contributed by atoms with Crippen molar-refractivity contribution in [2.75, 3.05) is 26.0 Å². The molecule has 1 aromatic carbocycles. The van der Waals surface area contributed by atoms with Gasteiger partial charge in [0.2, 0.25) is 0 Å². The number of carbonyl (C=O) groups is 1. The highest BCUT2D eigenvalue weighted by molar-refractivity contribution is 5.95. The van der Waals surface area contributed by atoms with Crippen molar-refractivity contribution in [1.29, 1.82) is 0 Å². The van der Waals surface area contributed by atoms with Crippen LogP contribution in [0.4, 0.5) is 5.82 Å². The van der Waals surface area contributed by atoms with Crippen molar-refractivity contribution in [3.05, 3.63) is 48.2 Å². The molecule has 5 heteroatoms. The third-order valence-electron chi connectivity index (χ3n) is 4.82. The number of hydrogen-bond acceptors (Lipinski definition) is 4. The molecular weight excluding hydrogens is 314 g/mol. The molecule has 3 rings (SSSR count). The van der Waals surface area contributed by atoms with E-state index in [1.807, 2.05) is 41.3 Å². The second-order valence-corrected chi connectivity index (χ2v) is 6.44. The Morgan fingerprint density at radius 1 is 1.28 bits per heavy atom. The molecule has 1 fully saturated rings. The summed E-state index contributed by atoms with van der Waals surface area (Å²) in [4.78, 5) is 19.1. The molecule has 1 atom stereocenters. The number of likely N-dealkylation sites (tertiary alicyclic amines) is 1. The van der Waals surface area contributed by atoms with Crippen LogP contribution in [0.3, 0.4) is 0 Å². The van der Waals surface area contributed by atoms with Gasteiger partial charge in [-0.25, -0.2) is 4.98 Å². The van der Waals surface area contributed by atoms with Crippen LogP contribution < -0.4 is 5.73 Å². The van der Waals surface area contributed by atoms with E-state index in [1.54, 1.807) is 13.3 Å². The third-order valence-corrected chi connectivity index (χ3v) is 4.82. The topological polar surface area (TPSA) is 68.5 Å². The highest BCUT2D eigenvalue weighted by atomic mass is 16.5. The first-order chi connectivity index (χ1) is 12.2. The van der Waals surface area contributed by atoms with E-state index >= 15 is 0 Å². The predicted molar refractivity (Wildman–Crippen MR) is 99.3 cm³/mol. The number of benzene rings is 1. The number of pyridine rings is 1. The second-order valence-electron chi connectivity index (χ2n) is 6.44. The first-order valence-corrected chi connectivity index (χ1v) is 8.81. The van der Waals surface area contributed by atoms with Gasteiger partial charge in [0.25, 0.3) is 5.91 Å². The number of methoxy groups -OCH3 is 1. The average Bonchev–Trinajstić information content (AvgIpc) is 2.66. The van der Waals surface area contributed by atoms with Crippen LogP contribution in [0.15, 0.2) is 42.6 Å². The summed E-state index contributed by atoms with van der Waals surface area (Å²) in [6, 6.07) is 11.7.